The zero-order valence-corrected chi connectivity index (χ0v) is 18.3. The molecule has 1 heterocycles. The molecule has 0 saturated carbocycles. The molecule has 0 radical (unpaired) electrons. The van der Waals surface area contributed by atoms with Crippen LogP contribution in [0.1, 0.15) is 30.5 Å². The van der Waals surface area contributed by atoms with Gasteiger partial charge in [0.1, 0.15) is 10.6 Å². The van der Waals surface area contributed by atoms with Crippen molar-refractivity contribution in [3.05, 3.63) is 46.2 Å². The fourth-order valence-corrected chi connectivity index (χ4v) is 4.82. The zero-order chi connectivity index (χ0) is 20.7. The summed E-state index contributed by atoms with van der Waals surface area (Å²) in [6.07, 6.45) is 0.805. The van der Waals surface area contributed by atoms with Gasteiger partial charge in [0.25, 0.3) is 10.0 Å². The van der Waals surface area contributed by atoms with Crippen molar-refractivity contribution >= 4 is 44.6 Å². The number of sulfonamides is 1. The summed E-state index contributed by atoms with van der Waals surface area (Å²) < 4.78 is 32.6. The Balaban J connectivity index is 2.20. The topological polar surface area (TPSA) is 96.5 Å². The number of ether oxygens (including phenoxy) is 1. The first-order chi connectivity index (χ1) is 13.3. The summed E-state index contributed by atoms with van der Waals surface area (Å²) >= 11 is 6.46. The Labute approximate surface area is 174 Å². The molecule has 0 fully saturated rings. The molecule has 7 nitrogen and oxygen atoms in total. The molecule has 0 aliphatic carbocycles. The second kappa shape index (κ2) is 9.85. The number of hydrogen-bond acceptors (Lipinski definition) is 6. The van der Waals surface area contributed by atoms with Crippen molar-refractivity contribution < 1.29 is 17.9 Å². The maximum absolute atomic E-state index is 12.6. The Hall–Kier alpha value is -2.17. The number of thiocarbonyl (C=S) groups is 1. The van der Waals surface area contributed by atoms with Crippen LogP contribution in [0.25, 0.3) is 0 Å². The molecule has 1 aromatic carbocycles. The van der Waals surface area contributed by atoms with Gasteiger partial charge in [-0.25, -0.2) is 8.42 Å². The summed E-state index contributed by atoms with van der Waals surface area (Å²) in [4.78, 5) is 12.4. The molecule has 0 aliphatic heterocycles. The molecule has 0 spiro atoms. The maximum atomic E-state index is 12.6. The Morgan fingerprint density at radius 2 is 2.07 bits per heavy atom. The minimum atomic E-state index is -3.94. The fraction of sp³-hybridized carbons (Fsp3) is 0.333. The average Bonchev–Trinajstić information content (AvgIpc) is 3.20. The van der Waals surface area contributed by atoms with Gasteiger partial charge in [-0.15, -0.1) is 0 Å². The first-order valence-corrected chi connectivity index (χ1v) is 11.4. The number of thiophene rings is 1. The molecule has 3 N–H and O–H groups in total. The number of nitrogens with one attached hydrogen (secondary N) is 3. The lowest BCUT2D eigenvalue weighted by Crippen LogP contribution is -2.37. The molecular formula is C18H23N3O4S3. The largest absolute Gasteiger partial charge is 0.495 e. The number of hydrogen-bond donors (Lipinski definition) is 3. The van der Waals surface area contributed by atoms with Gasteiger partial charge in [0, 0.05) is 7.05 Å². The second-order valence-corrected chi connectivity index (χ2v) is 8.77. The van der Waals surface area contributed by atoms with Crippen molar-refractivity contribution in [2.45, 2.75) is 30.7 Å². The summed E-state index contributed by atoms with van der Waals surface area (Å²) in [5.41, 5.74) is 1.61. The third-order valence-corrected chi connectivity index (χ3v) is 6.53. The Morgan fingerprint density at radius 3 is 2.64 bits per heavy atom. The predicted molar refractivity (Wildman–Crippen MR) is 114 cm³/mol. The van der Waals surface area contributed by atoms with Crippen molar-refractivity contribution in [3.63, 3.8) is 0 Å². The van der Waals surface area contributed by atoms with E-state index in [4.69, 9.17) is 17.0 Å². The molecule has 1 amide bonds. The van der Waals surface area contributed by atoms with E-state index >= 15 is 0 Å². The van der Waals surface area contributed by atoms with Crippen molar-refractivity contribution in [1.29, 1.82) is 0 Å². The summed E-state index contributed by atoms with van der Waals surface area (Å²) in [6.45, 7) is 2.00. The minimum Gasteiger partial charge on any atom is -0.495 e. The lowest BCUT2D eigenvalue weighted by Gasteiger charge is -2.17. The third-order valence-electron chi connectivity index (χ3n) is 4.03. The maximum Gasteiger partial charge on any atom is 0.267 e. The molecule has 28 heavy (non-hydrogen) atoms. The van der Waals surface area contributed by atoms with Crippen LogP contribution in [0.15, 0.2) is 39.9 Å². The standard InChI is InChI=1S/C18H23N3O4S3/c1-4-14(13-7-8-27-11-13)20-17(22)10-12-5-6-15(25-3)16(9-12)28(23,24)21-18(26)19-2/h5-9,11,14H,4,10H2,1-3H3,(H,20,22)(H2,19,21,26). The van der Waals surface area contributed by atoms with Crippen LogP contribution < -0.4 is 20.1 Å². The van der Waals surface area contributed by atoms with E-state index in [9.17, 15) is 13.2 Å². The lowest BCUT2D eigenvalue weighted by atomic mass is 10.1. The molecule has 2 rings (SSSR count). The van der Waals surface area contributed by atoms with E-state index in [0.29, 0.717) is 5.56 Å². The molecule has 1 unspecified atom stereocenters. The molecule has 2 aromatic rings. The highest BCUT2D eigenvalue weighted by molar-refractivity contribution is 7.92. The highest BCUT2D eigenvalue weighted by atomic mass is 32.2. The molecule has 0 saturated heterocycles. The van der Waals surface area contributed by atoms with Crippen LogP contribution in [0.5, 0.6) is 5.75 Å². The van der Waals surface area contributed by atoms with E-state index in [-0.39, 0.29) is 34.1 Å². The van der Waals surface area contributed by atoms with Gasteiger partial charge in [0.05, 0.1) is 19.6 Å². The van der Waals surface area contributed by atoms with Crippen LogP contribution in [-0.2, 0) is 21.2 Å². The summed E-state index contributed by atoms with van der Waals surface area (Å²) in [6, 6.07) is 6.52. The van der Waals surface area contributed by atoms with E-state index in [1.165, 1.54) is 26.3 Å². The van der Waals surface area contributed by atoms with Crippen LogP contribution >= 0.6 is 23.6 Å². The van der Waals surface area contributed by atoms with Gasteiger partial charge in [-0.1, -0.05) is 13.0 Å². The van der Waals surface area contributed by atoms with Crippen molar-refractivity contribution in [2.75, 3.05) is 14.2 Å². The van der Waals surface area contributed by atoms with Gasteiger partial charge in [0.2, 0.25) is 5.91 Å². The highest BCUT2D eigenvalue weighted by Crippen LogP contribution is 2.25. The molecule has 152 valence electrons. The normalized spacial score (nSPS) is 12.1. The average molecular weight is 442 g/mol. The molecule has 1 atom stereocenters. The smallest absolute Gasteiger partial charge is 0.267 e. The van der Waals surface area contributed by atoms with E-state index in [1.807, 2.05) is 23.8 Å². The highest BCUT2D eigenvalue weighted by Gasteiger charge is 2.22. The fourth-order valence-electron chi connectivity index (χ4n) is 2.59. The Morgan fingerprint density at radius 1 is 1.32 bits per heavy atom. The van der Waals surface area contributed by atoms with Crippen molar-refractivity contribution in [3.8, 4) is 5.75 Å². The van der Waals surface area contributed by atoms with Gasteiger partial charge in [-0.2, -0.15) is 11.3 Å². The van der Waals surface area contributed by atoms with Gasteiger partial charge in [0.15, 0.2) is 5.11 Å². The van der Waals surface area contributed by atoms with Gasteiger partial charge in [-0.3, -0.25) is 9.52 Å². The second-order valence-electron chi connectivity index (χ2n) is 5.93. The number of methoxy groups -OCH3 is 1. The predicted octanol–water partition coefficient (Wildman–Crippen LogP) is 2.35. The molecule has 0 bridgehead atoms. The SMILES string of the molecule is CCC(NC(=O)Cc1ccc(OC)c(S(=O)(=O)NC(=S)NC)c1)c1ccsc1. The number of rotatable bonds is 8. The first kappa shape index (κ1) is 22.1. The Bertz CT molecular complexity index is 928. The van der Waals surface area contributed by atoms with E-state index in [0.717, 1.165) is 12.0 Å². The number of carbonyl (C=O) groups excluding carboxylic acids is 1. The molecule has 0 aliphatic rings. The molecule has 1 aromatic heterocycles. The number of carbonyl (C=O) groups is 1. The van der Waals surface area contributed by atoms with Gasteiger partial charge >= 0.3 is 0 Å². The van der Waals surface area contributed by atoms with Crippen LogP contribution in [-0.4, -0.2) is 33.6 Å². The van der Waals surface area contributed by atoms with Crippen molar-refractivity contribution in [2.24, 2.45) is 0 Å². The Kier molecular flexibility index (Phi) is 7.78. The monoisotopic (exact) mass is 441 g/mol. The summed E-state index contributed by atoms with van der Waals surface area (Å²) in [5, 5.41) is 9.47. The summed E-state index contributed by atoms with van der Waals surface area (Å²) in [5.74, 6) is -0.0226. The summed E-state index contributed by atoms with van der Waals surface area (Å²) in [7, 11) is -1.05. The zero-order valence-electron chi connectivity index (χ0n) is 15.8. The van der Waals surface area contributed by atoms with E-state index in [1.54, 1.807) is 17.4 Å². The number of benzene rings is 1. The van der Waals surface area contributed by atoms with Gasteiger partial charge < -0.3 is 15.4 Å². The number of amides is 1. The quantitative estimate of drug-likeness (QED) is 0.544. The van der Waals surface area contributed by atoms with E-state index < -0.39 is 10.0 Å². The van der Waals surface area contributed by atoms with E-state index in [2.05, 4.69) is 15.4 Å². The molecular weight excluding hydrogens is 418 g/mol. The van der Waals surface area contributed by atoms with Crippen LogP contribution in [0, 0.1) is 0 Å². The minimum absolute atomic E-state index is 0.0354. The van der Waals surface area contributed by atoms with Crippen LogP contribution in [0.2, 0.25) is 0 Å². The third kappa shape index (κ3) is 5.66. The first-order valence-electron chi connectivity index (χ1n) is 8.53. The lowest BCUT2D eigenvalue weighted by molar-refractivity contribution is -0.121. The molecule has 10 heteroatoms. The van der Waals surface area contributed by atoms with Gasteiger partial charge in [-0.05, 0) is 58.7 Å². The van der Waals surface area contributed by atoms with Crippen LogP contribution in [0.4, 0.5) is 0 Å². The van der Waals surface area contributed by atoms with Crippen molar-refractivity contribution in [1.82, 2.24) is 15.4 Å². The van der Waals surface area contributed by atoms with Crippen LogP contribution in [0.3, 0.4) is 0 Å².